The number of guanidine groups is 1. The van der Waals surface area contributed by atoms with Crippen molar-refractivity contribution in [2.75, 3.05) is 52.9 Å². The van der Waals surface area contributed by atoms with E-state index >= 15 is 0 Å². The Morgan fingerprint density at radius 1 is 1.00 bits per heavy atom. The lowest BCUT2D eigenvalue weighted by Gasteiger charge is -2.33. The van der Waals surface area contributed by atoms with Crippen LogP contribution in [0.15, 0.2) is 4.99 Å². The fourth-order valence-corrected chi connectivity index (χ4v) is 3.99. The molecule has 0 aromatic heterocycles. The van der Waals surface area contributed by atoms with Gasteiger partial charge in [-0.2, -0.15) is 0 Å². The zero-order chi connectivity index (χ0) is 17.2. The van der Waals surface area contributed by atoms with Crippen LogP contribution in [-0.2, 0) is 0 Å². The van der Waals surface area contributed by atoms with Gasteiger partial charge in [0.1, 0.15) is 0 Å². The predicted octanol–water partition coefficient (Wildman–Crippen LogP) is 2.15. The molecule has 2 saturated heterocycles. The average molecular weight is 338 g/mol. The molecule has 5 nitrogen and oxygen atoms in total. The molecule has 0 radical (unpaired) electrons. The van der Waals surface area contributed by atoms with Crippen molar-refractivity contribution in [3.8, 4) is 0 Å². The number of hydrogen-bond acceptors (Lipinski definition) is 3. The topological polar surface area (TPSA) is 42.9 Å². The van der Waals surface area contributed by atoms with Gasteiger partial charge in [-0.1, -0.05) is 13.8 Å². The van der Waals surface area contributed by atoms with Gasteiger partial charge in [0.25, 0.3) is 0 Å². The average Bonchev–Trinajstić information content (AvgIpc) is 2.63. The third-order valence-electron chi connectivity index (χ3n) is 5.69. The SMILES string of the molecule is CCCN1CCC(NC(=NC)NCCC2CCN(CC)CC2)CC1. The number of nitrogens with one attached hydrogen (secondary N) is 2. The molecule has 0 atom stereocenters. The third kappa shape index (κ3) is 6.60. The zero-order valence-corrected chi connectivity index (χ0v) is 16.2. The van der Waals surface area contributed by atoms with Crippen LogP contribution in [0.3, 0.4) is 0 Å². The van der Waals surface area contributed by atoms with Crippen LogP contribution in [0.2, 0.25) is 0 Å². The maximum atomic E-state index is 4.42. The molecule has 0 saturated carbocycles. The van der Waals surface area contributed by atoms with E-state index in [0.29, 0.717) is 6.04 Å². The van der Waals surface area contributed by atoms with Gasteiger partial charge < -0.3 is 20.4 Å². The Balaban J connectivity index is 1.59. The molecular weight excluding hydrogens is 298 g/mol. The van der Waals surface area contributed by atoms with Gasteiger partial charge in [-0.15, -0.1) is 0 Å². The summed E-state index contributed by atoms with van der Waals surface area (Å²) >= 11 is 0. The number of rotatable bonds is 7. The highest BCUT2D eigenvalue weighted by atomic mass is 15.2. The summed E-state index contributed by atoms with van der Waals surface area (Å²) in [5.41, 5.74) is 0. The van der Waals surface area contributed by atoms with Gasteiger partial charge in [-0.3, -0.25) is 4.99 Å². The quantitative estimate of drug-likeness (QED) is 0.552. The second kappa shape index (κ2) is 10.9. The highest BCUT2D eigenvalue weighted by Gasteiger charge is 2.20. The van der Waals surface area contributed by atoms with E-state index in [1.165, 1.54) is 77.8 Å². The largest absolute Gasteiger partial charge is 0.356 e. The molecule has 0 spiro atoms. The van der Waals surface area contributed by atoms with Gasteiger partial charge in [0.05, 0.1) is 0 Å². The van der Waals surface area contributed by atoms with Crippen molar-refractivity contribution >= 4 is 5.96 Å². The molecule has 0 bridgehead atoms. The lowest BCUT2D eigenvalue weighted by atomic mass is 9.93. The molecule has 0 amide bonds. The van der Waals surface area contributed by atoms with Crippen LogP contribution < -0.4 is 10.6 Å². The molecule has 2 heterocycles. The summed E-state index contributed by atoms with van der Waals surface area (Å²) in [6.07, 6.45) is 7.72. The first-order valence-corrected chi connectivity index (χ1v) is 10.2. The Morgan fingerprint density at radius 3 is 2.25 bits per heavy atom. The lowest BCUT2D eigenvalue weighted by Crippen LogP contribution is -2.49. The fraction of sp³-hybridized carbons (Fsp3) is 0.947. The molecule has 0 aliphatic carbocycles. The molecule has 2 aliphatic rings. The maximum Gasteiger partial charge on any atom is 0.191 e. The first-order chi connectivity index (χ1) is 11.7. The molecule has 2 aliphatic heterocycles. The van der Waals surface area contributed by atoms with Crippen molar-refractivity contribution in [1.82, 2.24) is 20.4 Å². The minimum Gasteiger partial charge on any atom is -0.356 e. The van der Waals surface area contributed by atoms with Gasteiger partial charge in [-0.25, -0.2) is 0 Å². The van der Waals surface area contributed by atoms with Crippen molar-refractivity contribution in [2.45, 2.75) is 58.4 Å². The molecule has 2 N–H and O–H groups in total. The van der Waals surface area contributed by atoms with Crippen LogP contribution in [0, 0.1) is 5.92 Å². The highest BCUT2D eigenvalue weighted by Crippen LogP contribution is 2.19. The van der Waals surface area contributed by atoms with Gasteiger partial charge in [0.15, 0.2) is 5.96 Å². The van der Waals surface area contributed by atoms with Gasteiger partial charge in [0.2, 0.25) is 0 Å². The number of nitrogens with zero attached hydrogens (tertiary/aromatic N) is 3. The van der Waals surface area contributed by atoms with Crippen LogP contribution in [-0.4, -0.2) is 74.7 Å². The number of likely N-dealkylation sites (tertiary alicyclic amines) is 2. The molecule has 24 heavy (non-hydrogen) atoms. The second-order valence-corrected chi connectivity index (χ2v) is 7.43. The van der Waals surface area contributed by atoms with Crippen LogP contribution in [0.25, 0.3) is 0 Å². The zero-order valence-electron chi connectivity index (χ0n) is 16.2. The minimum atomic E-state index is 0.581. The van der Waals surface area contributed by atoms with E-state index < -0.39 is 0 Å². The molecule has 0 aromatic carbocycles. The van der Waals surface area contributed by atoms with Crippen molar-refractivity contribution in [3.63, 3.8) is 0 Å². The molecule has 0 unspecified atom stereocenters. The minimum absolute atomic E-state index is 0.581. The van der Waals surface area contributed by atoms with Crippen LogP contribution in [0.5, 0.6) is 0 Å². The van der Waals surface area contributed by atoms with Gasteiger partial charge in [0, 0.05) is 32.7 Å². The van der Waals surface area contributed by atoms with Crippen LogP contribution in [0.1, 0.15) is 52.4 Å². The van der Waals surface area contributed by atoms with Crippen molar-refractivity contribution < 1.29 is 0 Å². The molecule has 140 valence electrons. The van der Waals surface area contributed by atoms with E-state index in [1.807, 2.05) is 7.05 Å². The third-order valence-corrected chi connectivity index (χ3v) is 5.69. The van der Waals surface area contributed by atoms with Crippen LogP contribution >= 0.6 is 0 Å². The van der Waals surface area contributed by atoms with E-state index in [2.05, 4.69) is 39.3 Å². The predicted molar refractivity (Wildman–Crippen MR) is 104 cm³/mol. The molecule has 5 heteroatoms. The van der Waals surface area contributed by atoms with Crippen molar-refractivity contribution in [3.05, 3.63) is 0 Å². The Morgan fingerprint density at radius 2 is 1.67 bits per heavy atom. The normalized spacial score (nSPS) is 22.7. The summed E-state index contributed by atoms with van der Waals surface area (Å²) in [5, 5.41) is 7.16. The smallest absolute Gasteiger partial charge is 0.191 e. The number of hydrogen-bond donors (Lipinski definition) is 2. The summed E-state index contributed by atoms with van der Waals surface area (Å²) in [7, 11) is 1.89. The first kappa shape index (κ1) is 19.5. The van der Waals surface area contributed by atoms with E-state index in [1.54, 1.807) is 0 Å². The fourth-order valence-electron chi connectivity index (χ4n) is 3.99. The standard InChI is InChI=1S/C19H39N5/c1-4-12-24-15-9-18(10-16-24)22-19(20-3)21-11-6-17-7-13-23(5-2)14-8-17/h17-18H,4-16H2,1-3H3,(H2,20,21,22). The Bertz CT molecular complexity index is 355. The van der Waals surface area contributed by atoms with Gasteiger partial charge in [-0.05, 0) is 70.6 Å². The maximum absolute atomic E-state index is 4.42. The van der Waals surface area contributed by atoms with E-state index in [0.717, 1.165) is 18.4 Å². The number of aliphatic imine (C=N–C) groups is 1. The van der Waals surface area contributed by atoms with E-state index in [9.17, 15) is 0 Å². The molecule has 2 fully saturated rings. The molecular formula is C19H39N5. The van der Waals surface area contributed by atoms with E-state index in [-0.39, 0.29) is 0 Å². The van der Waals surface area contributed by atoms with Crippen LogP contribution in [0.4, 0.5) is 0 Å². The summed E-state index contributed by atoms with van der Waals surface area (Å²) in [6.45, 7) is 13.0. The van der Waals surface area contributed by atoms with E-state index in [4.69, 9.17) is 0 Å². The van der Waals surface area contributed by atoms with Crippen molar-refractivity contribution in [2.24, 2.45) is 10.9 Å². The summed E-state index contributed by atoms with van der Waals surface area (Å²) in [5.74, 6) is 1.88. The summed E-state index contributed by atoms with van der Waals surface area (Å²) < 4.78 is 0. The second-order valence-electron chi connectivity index (χ2n) is 7.43. The Kier molecular flexibility index (Phi) is 8.89. The summed E-state index contributed by atoms with van der Waals surface area (Å²) in [4.78, 5) is 9.56. The molecule has 2 rings (SSSR count). The van der Waals surface area contributed by atoms with Gasteiger partial charge >= 0.3 is 0 Å². The Labute approximate surface area is 149 Å². The van der Waals surface area contributed by atoms with Crippen molar-refractivity contribution in [1.29, 1.82) is 0 Å². The lowest BCUT2D eigenvalue weighted by molar-refractivity contribution is 0.187. The molecule has 0 aromatic rings. The summed E-state index contributed by atoms with van der Waals surface area (Å²) in [6, 6.07) is 0.581. The first-order valence-electron chi connectivity index (χ1n) is 10.2. The Hall–Kier alpha value is -0.810. The monoisotopic (exact) mass is 337 g/mol. The number of piperidine rings is 2. The highest BCUT2D eigenvalue weighted by molar-refractivity contribution is 5.79.